The highest BCUT2D eigenvalue weighted by molar-refractivity contribution is 9.10. The molecule has 106 valence electrons. The molecule has 1 aromatic carbocycles. The minimum absolute atomic E-state index is 0.0709. The van der Waals surface area contributed by atoms with Gasteiger partial charge in [0, 0.05) is 22.0 Å². The van der Waals surface area contributed by atoms with Gasteiger partial charge in [-0.25, -0.2) is 8.78 Å². The number of rotatable bonds is 1. The first kappa shape index (κ1) is 12.9. The van der Waals surface area contributed by atoms with Gasteiger partial charge in [-0.2, -0.15) is 0 Å². The summed E-state index contributed by atoms with van der Waals surface area (Å²) in [5.41, 5.74) is 2.55. The molecule has 0 radical (unpaired) electrons. The Labute approximate surface area is 125 Å². The van der Waals surface area contributed by atoms with Crippen LogP contribution in [0.15, 0.2) is 27.7 Å². The van der Waals surface area contributed by atoms with Crippen molar-refractivity contribution in [1.29, 1.82) is 0 Å². The standard InChI is InChI=1S/C16H16BrF2N/c17-12-2-1-11-8-15(16(9-20-16)13(11)7-12)5-3-10(4-6-15)14(18)19/h1-2,7,9-10,14H,3-6,8H2. The van der Waals surface area contributed by atoms with Crippen LogP contribution in [0.1, 0.15) is 36.8 Å². The van der Waals surface area contributed by atoms with Gasteiger partial charge in [0.2, 0.25) is 6.43 Å². The van der Waals surface area contributed by atoms with E-state index >= 15 is 0 Å². The molecule has 0 amide bonds. The van der Waals surface area contributed by atoms with Crippen LogP contribution in [0.3, 0.4) is 0 Å². The lowest BCUT2D eigenvalue weighted by Crippen LogP contribution is -2.39. The number of benzene rings is 1. The molecule has 2 aliphatic carbocycles. The van der Waals surface area contributed by atoms with Gasteiger partial charge in [0.15, 0.2) is 0 Å². The van der Waals surface area contributed by atoms with Crippen molar-refractivity contribution >= 4 is 22.1 Å². The fourth-order valence-corrected chi connectivity index (χ4v) is 4.68. The van der Waals surface area contributed by atoms with Crippen LogP contribution < -0.4 is 0 Å². The van der Waals surface area contributed by atoms with Gasteiger partial charge in [-0.1, -0.05) is 22.0 Å². The van der Waals surface area contributed by atoms with E-state index in [-0.39, 0.29) is 11.0 Å². The molecule has 4 rings (SSSR count). The van der Waals surface area contributed by atoms with Crippen LogP contribution in [0.4, 0.5) is 8.78 Å². The van der Waals surface area contributed by atoms with E-state index in [4.69, 9.17) is 0 Å². The second-order valence-electron chi connectivity index (χ2n) is 6.46. The van der Waals surface area contributed by atoms with Crippen LogP contribution in [0.5, 0.6) is 0 Å². The Morgan fingerprint density at radius 2 is 1.95 bits per heavy atom. The van der Waals surface area contributed by atoms with E-state index in [0.717, 1.165) is 23.7 Å². The first-order chi connectivity index (χ1) is 9.56. The number of halogens is 3. The molecule has 1 atom stereocenters. The first-order valence-electron chi connectivity index (χ1n) is 7.20. The lowest BCUT2D eigenvalue weighted by atomic mass is 9.63. The van der Waals surface area contributed by atoms with Crippen molar-refractivity contribution in [2.45, 2.75) is 44.1 Å². The number of hydrogen-bond donors (Lipinski definition) is 0. The molecular weight excluding hydrogens is 324 g/mol. The van der Waals surface area contributed by atoms with Gasteiger partial charge >= 0.3 is 0 Å². The highest BCUT2D eigenvalue weighted by atomic mass is 79.9. The van der Waals surface area contributed by atoms with Gasteiger partial charge in [-0.3, -0.25) is 4.99 Å². The number of nitrogens with zero attached hydrogens (tertiary/aromatic N) is 1. The van der Waals surface area contributed by atoms with Crippen LogP contribution >= 0.6 is 15.9 Å². The van der Waals surface area contributed by atoms with Crippen LogP contribution in [0, 0.1) is 11.3 Å². The molecule has 1 nitrogen and oxygen atoms in total. The number of hydrogen-bond acceptors (Lipinski definition) is 1. The maximum atomic E-state index is 12.9. The SMILES string of the molecule is FC(F)C1CCC2(CC1)Cc1ccc(Br)cc1C21C=N1. The van der Waals surface area contributed by atoms with Crippen molar-refractivity contribution in [3.63, 3.8) is 0 Å². The summed E-state index contributed by atoms with van der Waals surface area (Å²) in [5.74, 6) is -0.410. The Bertz CT molecular complexity index is 582. The predicted octanol–water partition coefficient (Wildman–Crippen LogP) is 4.73. The summed E-state index contributed by atoms with van der Waals surface area (Å²) in [7, 11) is 0. The van der Waals surface area contributed by atoms with Gasteiger partial charge in [-0.05, 0) is 55.4 Å². The summed E-state index contributed by atoms with van der Waals surface area (Å²) in [4.78, 5) is 4.63. The number of aliphatic imine (C=N–C) groups is 1. The zero-order valence-corrected chi connectivity index (χ0v) is 12.7. The number of fused-ring (bicyclic) bond motifs is 3. The summed E-state index contributed by atoms with van der Waals surface area (Å²) in [6.07, 6.45) is 3.89. The second kappa shape index (κ2) is 4.12. The molecule has 0 aromatic heterocycles. The molecule has 1 aliphatic heterocycles. The average Bonchev–Trinajstić information content (AvgIpc) is 3.19. The van der Waals surface area contributed by atoms with E-state index in [2.05, 4.69) is 39.1 Å². The lowest BCUT2D eigenvalue weighted by Gasteiger charge is -2.41. The average molecular weight is 340 g/mol. The van der Waals surface area contributed by atoms with Crippen molar-refractivity contribution in [2.24, 2.45) is 16.3 Å². The van der Waals surface area contributed by atoms with Crippen LogP contribution in [0.2, 0.25) is 0 Å². The quantitative estimate of drug-likeness (QED) is 0.701. The Morgan fingerprint density at radius 1 is 1.25 bits per heavy atom. The molecule has 3 aliphatic rings. The highest BCUT2D eigenvalue weighted by Crippen LogP contribution is 2.64. The van der Waals surface area contributed by atoms with Gasteiger partial charge in [0.25, 0.3) is 0 Å². The predicted molar refractivity (Wildman–Crippen MR) is 78.4 cm³/mol. The molecule has 0 N–H and O–H groups in total. The molecule has 1 saturated carbocycles. The summed E-state index contributed by atoms with van der Waals surface area (Å²) in [6, 6.07) is 6.39. The van der Waals surface area contributed by atoms with Gasteiger partial charge in [-0.15, -0.1) is 0 Å². The van der Waals surface area contributed by atoms with E-state index < -0.39 is 12.3 Å². The molecule has 1 unspecified atom stereocenters. The van der Waals surface area contributed by atoms with Crippen molar-refractivity contribution < 1.29 is 8.78 Å². The van der Waals surface area contributed by atoms with Gasteiger partial charge < -0.3 is 0 Å². The van der Waals surface area contributed by atoms with Crippen LogP contribution in [0.25, 0.3) is 0 Å². The second-order valence-corrected chi connectivity index (χ2v) is 7.37. The van der Waals surface area contributed by atoms with E-state index in [1.165, 1.54) is 11.1 Å². The molecule has 1 aromatic rings. The fourth-order valence-electron chi connectivity index (χ4n) is 4.32. The topological polar surface area (TPSA) is 12.4 Å². The maximum absolute atomic E-state index is 12.9. The Morgan fingerprint density at radius 3 is 2.55 bits per heavy atom. The number of alkyl halides is 2. The molecule has 20 heavy (non-hydrogen) atoms. The monoisotopic (exact) mass is 339 g/mol. The largest absolute Gasteiger partial charge is 0.277 e. The van der Waals surface area contributed by atoms with Crippen molar-refractivity contribution in [2.75, 3.05) is 0 Å². The van der Waals surface area contributed by atoms with Crippen molar-refractivity contribution in [1.82, 2.24) is 0 Å². The molecular formula is C16H16BrF2N. The van der Waals surface area contributed by atoms with E-state index in [1.54, 1.807) is 0 Å². The van der Waals surface area contributed by atoms with E-state index in [0.29, 0.717) is 12.8 Å². The normalized spacial score (nSPS) is 37.9. The third kappa shape index (κ3) is 1.60. The Kier molecular flexibility index (Phi) is 2.67. The molecule has 2 spiro atoms. The molecule has 0 saturated heterocycles. The summed E-state index contributed by atoms with van der Waals surface area (Å²) in [5, 5.41) is 0. The third-order valence-electron chi connectivity index (χ3n) is 5.55. The van der Waals surface area contributed by atoms with Gasteiger partial charge in [0.05, 0.1) is 0 Å². The fraction of sp³-hybridized carbons (Fsp3) is 0.562. The Balaban J connectivity index is 1.66. The minimum Gasteiger partial charge on any atom is -0.277 e. The Hall–Kier alpha value is -0.770. The maximum Gasteiger partial charge on any atom is 0.241 e. The first-order valence-corrected chi connectivity index (χ1v) is 7.99. The van der Waals surface area contributed by atoms with Crippen molar-refractivity contribution in [3.05, 3.63) is 33.8 Å². The summed E-state index contributed by atoms with van der Waals surface area (Å²) in [6.45, 7) is 0. The summed E-state index contributed by atoms with van der Waals surface area (Å²) < 4.78 is 26.8. The molecule has 0 bridgehead atoms. The van der Waals surface area contributed by atoms with E-state index in [9.17, 15) is 8.78 Å². The third-order valence-corrected chi connectivity index (χ3v) is 6.04. The van der Waals surface area contributed by atoms with Crippen LogP contribution in [-0.2, 0) is 12.0 Å². The van der Waals surface area contributed by atoms with Crippen molar-refractivity contribution in [3.8, 4) is 0 Å². The zero-order chi connectivity index (χ0) is 14.0. The van der Waals surface area contributed by atoms with Crippen LogP contribution in [-0.4, -0.2) is 12.6 Å². The molecule has 4 heteroatoms. The van der Waals surface area contributed by atoms with Gasteiger partial charge in [0.1, 0.15) is 5.54 Å². The minimum atomic E-state index is -2.17. The summed E-state index contributed by atoms with van der Waals surface area (Å²) >= 11 is 3.53. The molecule has 1 heterocycles. The van der Waals surface area contributed by atoms with E-state index in [1.807, 2.05) is 6.21 Å². The zero-order valence-electron chi connectivity index (χ0n) is 11.1. The smallest absolute Gasteiger partial charge is 0.241 e. The molecule has 1 fully saturated rings. The lowest BCUT2D eigenvalue weighted by molar-refractivity contribution is 0.0169. The highest BCUT2D eigenvalue weighted by Gasteiger charge is 2.62.